The van der Waals surface area contributed by atoms with Crippen molar-refractivity contribution in [1.82, 2.24) is 4.90 Å². The van der Waals surface area contributed by atoms with E-state index in [0.29, 0.717) is 29.9 Å². The highest BCUT2D eigenvalue weighted by molar-refractivity contribution is 8.14. The third kappa shape index (κ3) is 4.19. The van der Waals surface area contributed by atoms with Crippen LogP contribution in [0.2, 0.25) is 0 Å². The van der Waals surface area contributed by atoms with Crippen LogP contribution in [-0.2, 0) is 21.4 Å². The van der Waals surface area contributed by atoms with Crippen LogP contribution in [0, 0.1) is 0 Å². The van der Waals surface area contributed by atoms with Crippen LogP contribution in [0.25, 0.3) is 0 Å². The summed E-state index contributed by atoms with van der Waals surface area (Å²) >= 11 is 0.991. The number of benzene rings is 2. The maximum Gasteiger partial charge on any atom is 0.289 e. The van der Waals surface area contributed by atoms with Crippen molar-refractivity contribution in [2.45, 2.75) is 13.0 Å². The van der Waals surface area contributed by atoms with Crippen LogP contribution >= 0.6 is 11.8 Å². The molecule has 0 bridgehead atoms. The molecule has 156 valence electrons. The summed E-state index contributed by atoms with van der Waals surface area (Å²) in [5.74, 6) is -0.279. The maximum atomic E-state index is 12.6. The van der Waals surface area contributed by atoms with Gasteiger partial charge < -0.3 is 5.32 Å². The largest absolute Gasteiger partial charge is 0.322 e. The van der Waals surface area contributed by atoms with E-state index in [1.807, 2.05) is 0 Å². The van der Waals surface area contributed by atoms with Crippen molar-refractivity contribution in [3.05, 3.63) is 59.7 Å². The minimum atomic E-state index is -3.32. The summed E-state index contributed by atoms with van der Waals surface area (Å²) in [5, 5.41) is 2.52. The zero-order chi connectivity index (χ0) is 21.3. The van der Waals surface area contributed by atoms with Crippen molar-refractivity contribution in [3.8, 4) is 0 Å². The molecule has 3 amide bonds. The van der Waals surface area contributed by atoms with Crippen LogP contribution in [-0.4, -0.2) is 48.4 Å². The molecule has 0 aliphatic carbocycles. The average molecular weight is 446 g/mol. The van der Waals surface area contributed by atoms with Crippen molar-refractivity contribution < 1.29 is 22.8 Å². The summed E-state index contributed by atoms with van der Waals surface area (Å²) < 4.78 is 25.5. The number of hydrogen-bond donors (Lipinski definition) is 1. The van der Waals surface area contributed by atoms with Gasteiger partial charge >= 0.3 is 0 Å². The molecule has 10 heteroatoms. The normalized spacial score (nSPS) is 18.1. The number of nitrogens with zero attached hydrogens (tertiary/aromatic N) is 2. The van der Waals surface area contributed by atoms with Crippen LogP contribution < -0.4 is 9.62 Å². The quantitative estimate of drug-likeness (QED) is 0.759. The number of imide groups is 1. The fraction of sp³-hybridized carbons (Fsp3) is 0.250. The fourth-order valence-electron chi connectivity index (χ4n) is 3.34. The van der Waals surface area contributed by atoms with E-state index < -0.39 is 10.0 Å². The lowest BCUT2D eigenvalue weighted by molar-refractivity contribution is -0.125. The average Bonchev–Trinajstić information content (AvgIpc) is 3.25. The van der Waals surface area contributed by atoms with Crippen molar-refractivity contribution >= 4 is 50.2 Å². The number of thioether (sulfide) groups is 1. The maximum absolute atomic E-state index is 12.6. The predicted molar refractivity (Wildman–Crippen MR) is 115 cm³/mol. The van der Waals surface area contributed by atoms with Crippen molar-refractivity contribution in [1.29, 1.82) is 0 Å². The second-order valence-corrected chi connectivity index (χ2v) is 9.92. The van der Waals surface area contributed by atoms with Gasteiger partial charge in [0.05, 0.1) is 23.7 Å². The van der Waals surface area contributed by atoms with Gasteiger partial charge in [-0.1, -0.05) is 30.0 Å². The van der Waals surface area contributed by atoms with Crippen LogP contribution in [0.4, 0.5) is 16.2 Å². The highest BCUT2D eigenvalue weighted by Crippen LogP contribution is 2.25. The molecule has 2 aliphatic heterocycles. The van der Waals surface area contributed by atoms with Crippen molar-refractivity contribution in [3.63, 3.8) is 0 Å². The molecule has 0 aromatic heterocycles. The fourth-order valence-corrected chi connectivity index (χ4v) is 5.63. The minimum absolute atomic E-state index is 0.114. The Balaban J connectivity index is 1.43. The van der Waals surface area contributed by atoms with Crippen molar-refractivity contribution in [2.75, 3.05) is 27.7 Å². The lowest BCUT2D eigenvalue weighted by Gasteiger charge is -2.17. The number of rotatable bonds is 5. The Morgan fingerprint density at radius 1 is 1.10 bits per heavy atom. The van der Waals surface area contributed by atoms with E-state index in [0.717, 1.165) is 17.3 Å². The summed E-state index contributed by atoms with van der Waals surface area (Å²) in [4.78, 5) is 37.2. The zero-order valence-corrected chi connectivity index (χ0v) is 17.5. The molecule has 1 N–H and O–H groups in total. The van der Waals surface area contributed by atoms with E-state index in [9.17, 15) is 22.8 Å². The second-order valence-electron chi connectivity index (χ2n) is 6.98. The molecule has 0 unspecified atom stereocenters. The standard InChI is InChI=1S/C20H19N3O5S2/c24-18-13-29-20(26)22(18)12-14-5-7-16(8-6-14)21-19(25)15-3-1-4-17(11-15)23-9-2-10-30(23,27)28/h1,3-8,11H,2,9-10,12-13H2,(H,21,25). The third-order valence-electron chi connectivity index (χ3n) is 4.89. The molecule has 2 fully saturated rings. The summed E-state index contributed by atoms with van der Waals surface area (Å²) in [5.41, 5.74) is 2.16. The van der Waals surface area contributed by atoms with Gasteiger partial charge in [0.1, 0.15) is 0 Å². The number of hydrogen-bond acceptors (Lipinski definition) is 6. The van der Waals surface area contributed by atoms with Gasteiger partial charge in [0, 0.05) is 17.8 Å². The Morgan fingerprint density at radius 3 is 2.50 bits per heavy atom. The van der Waals surface area contributed by atoms with Crippen LogP contribution in [0.15, 0.2) is 48.5 Å². The molecular weight excluding hydrogens is 426 g/mol. The first-order chi connectivity index (χ1) is 14.3. The number of anilines is 2. The first-order valence-electron chi connectivity index (χ1n) is 9.31. The van der Waals surface area contributed by atoms with Gasteiger partial charge in [-0.15, -0.1) is 0 Å². The summed E-state index contributed by atoms with van der Waals surface area (Å²) in [7, 11) is -3.32. The van der Waals surface area contributed by atoms with Gasteiger partial charge in [-0.3, -0.25) is 23.6 Å². The molecule has 2 aromatic rings. The lowest BCUT2D eigenvalue weighted by atomic mass is 10.1. The molecule has 2 aromatic carbocycles. The molecule has 0 saturated carbocycles. The monoisotopic (exact) mass is 445 g/mol. The molecule has 8 nitrogen and oxygen atoms in total. The minimum Gasteiger partial charge on any atom is -0.322 e. The van der Waals surface area contributed by atoms with E-state index in [4.69, 9.17) is 0 Å². The van der Waals surface area contributed by atoms with Gasteiger partial charge in [0.25, 0.3) is 11.1 Å². The second kappa shape index (κ2) is 8.11. The van der Waals surface area contributed by atoms with Crippen LogP contribution in [0.1, 0.15) is 22.3 Å². The number of carbonyl (C=O) groups excluding carboxylic acids is 3. The number of sulfonamides is 1. The SMILES string of the molecule is O=C(Nc1ccc(CN2C(=O)CSC2=O)cc1)c1cccc(N2CCCS2(=O)=O)c1. The lowest BCUT2D eigenvalue weighted by Crippen LogP contribution is -2.27. The number of nitrogens with one attached hydrogen (secondary N) is 1. The molecule has 0 radical (unpaired) electrons. The Bertz CT molecular complexity index is 1100. The highest BCUT2D eigenvalue weighted by atomic mass is 32.2. The third-order valence-corrected chi connectivity index (χ3v) is 7.62. The highest BCUT2D eigenvalue weighted by Gasteiger charge is 2.30. The van der Waals surface area contributed by atoms with E-state index >= 15 is 0 Å². The van der Waals surface area contributed by atoms with E-state index in [1.54, 1.807) is 48.5 Å². The summed E-state index contributed by atoms with van der Waals surface area (Å²) in [6.07, 6.45) is 0.568. The van der Waals surface area contributed by atoms with Crippen molar-refractivity contribution in [2.24, 2.45) is 0 Å². The summed E-state index contributed by atoms with van der Waals surface area (Å²) in [6.45, 7) is 0.612. The van der Waals surface area contributed by atoms with Crippen LogP contribution in [0.5, 0.6) is 0 Å². The van der Waals surface area contributed by atoms with Gasteiger partial charge in [-0.05, 0) is 42.3 Å². The predicted octanol–water partition coefficient (Wildman–Crippen LogP) is 2.67. The van der Waals surface area contributed by atoms with Gasteiger partial charge in [-0.25, -0.2) is 8.42 Å². The molecule has 30 heavy (non-hydrogen) atoms. The zero-order valence-electron chi connectivity index (χ0n) is 15.9. The number of amides is 3. The van der Waals surface area contributed by atoms with E-state index in [-0.39, 0.29) is 35.1 Å². The molecule has 0 atom stereocenters. The summed E-state index contributed by atoms with van der Waals surface area (Å²) in [6, 6.07) is 13.4. The molecule has 4 rings (SSSR count). The Labute approximate surface area is 178 Å². The van der Waals surface area contributed by atoms with Gasteiger partial charge in [-0.2, -0.15) is 0 Å². The van der Waals surface area contributed by atoms with E-state index in [2.05, 4.69) is 5.32 Å². The Morgan fingerprint density at radius 2 is 1.87 bits per heavy atom. The molecule has 2 heterocycles. The Hall–Kier alpha value is -2.85. The first-order valence-corrected chi connectivity index (χ1v) is 11.9. The van der Waals surface area contributed by atoms with E-state index in [1.165, 1.54) is 9.21 Å². The Kier molecular flexibility index (Phi) is 5.52. The number of carbonyl (C=O) groups is 3. The van der Waals surface area contributed by atoms with Crippen LogP contribution in [0.3, 0.4) is 0 Å². The van der Waals surface area contributed by atoms with Gasteiger partial charge in [0.2, 0.25) is 15.9 Å². The molecule has 0 spiro atoms. The smallest absolute Gasteiger partial charge is 0.289 e. The molecule has 2 saturated heterocycles. The molecule has 2 aliphatic rings. The molecular formula is C20H19N3O5S2. The first kappa shape index (κ1) is 20.4. The van der Waals surface area contributed by atoms with Gasteiger partial charge in [0.15, 0.2) is 0 Å². The topological polar surface area (TPSA) is 104 Å².